The van der Waals surface area contributed by atoms with E-state index in [2.05, 4.69) is 30.9 Å². The van der Waals surface area contributed by atoms with Crippen LogP contribution in [0.4, 0.5) is 5.69 Å². The molecule has 1 aromatic carbocycles. The number of nitrogens with one attached hydrogen (secondary N) is 1. The fourth-order valence-corrected chi connectivity index (χ4v) is 5.83. The molecular weight excluding hydrogens is 588 g/mol. The molecule has 224 valence electrons. The van der Waals surface area contributed by atoms with E-state index in [4.69, 9.17) is 26.1 Å². The van der Waals surface area contributed by atoms with Gasteiger partial charge in [0.05, 0.1) is 52.6 Å². The van der Waals surface area contributed by atoms with E-state index in [9.17, 15) is 9.59 Å². The Balaban J connectivity index is 1.37. The SMILES string of the molecule is C[C@@H]1CCC[C@H](n2cnc(-c3cc(Cl)ccc3-n3cnnn3)cc2=O)c2cc(c3c(n2)OCCO3)-c2c(cnn2C)NC1=O. The molecule has 1 amide bonds. The van der Waals surface area contributed by atoms with Crippen molar-refractivity contribution in [2.45, 2.75) is 32.2 Å². The van der Waals surface area contributed by atoms with Crippen molar-refractivity contribution in [1.82, 2.24) is 44.5 Å². The zero-order valence-electron chi connectivity index (χ0n) is 23.8. The normalized spacial score (nSPS) is 18.1. The number of benzene rings is 1. The van der Waals surface area contributed by atoms with E-state index < -0.39 is 6.04 Å². The van der Waals surface area contributed by atoms with Crippen molar-refractivity contribution in [3.63, 3.8) is 0 Å². The summed E-state index contributed by atoms with van der Waals surface area (Å²) in [6.07, 6.45) is 6.37. The number of rotatable bonds is 3. The Morgan fingerprint density at radius 2 is 1.91 bits per heavy atom. The first-order valence-electron chi connectivity index (χ1n) is 14.1. The number of ether oxygens (including phenoxy) is 2. The number of aromatic nitrogens is 9. The van der Waals surface area contributed by atoms with Crippen LogP contribution in [-0.4, -0.2) is 63.6 Å². The molecule has 2 aliphatic rings. The van der Waals surface area contributed by atoms with Crippen LogP contribution in [0.15, 0.2) is 54.0 Å². The molecule has 0 saturated carbocycles. The highest BCUT2D eigenvalue weighted by molar-refractivity contribution is 6.31. The van der Waals surface area contributed by atoms with Gasteiger partial charge in [0.1, 0.15) is 19.5 Å². The Morgan fingerprint density at radius 1 is 1.05 bits per heavy atom. The number of pyridine rings is 1. The van der Waals surface area contributed by atoms with Gasteiger partial charge >= 0.3 is 0 Å². The number of tetrazole rings is 1. The predicted octanol–water partition coefficient (Wildman–Crippen LogP) is 3.45. The standard InChI is InChI=1S/C29H27ClN10O4/c1-16-4-3-5-24(39-14-31-20(12-25(39)41)18-10-17(30)6-7-23(18)40-15-32-36-37-40)21-11-19(27-29(35-21)44-9-8-43-27)26-22(34-28(16)42)13-33-38(26)2/h6-7,10-16,24H,3-5,8-9H2,1-2H3,(H,34,42)/t16-,24+/m1/s1. The molecule has 7 rings (SSSR count). The van der Waals surface area contributed by atoms with E-state index in [1.807, 2.05) is 13.0 Å². The van der Waals surface area contributed by atoms with Gasteiger partial charge < -0.3 is 14.8 Å². The summed E-state index contributed by atoms with van der Waals surface area (Å²) in [5, 5.41) is 19.3. The molecule has 2 aliphatic heterocycles. The van der Waals surface area contributed by atoms with E-state index >= 15 is 0 Å². The van der Waals surface area contributed by atoms with Crippen LogP contribution in [0, 0.1) is 5.92 Å². The maximum atomic E-state index is 13.9. The number of nitrogens with zero attached hydrogens (tertiary/aromatic N) is 9. The number of carbonyl (C=O) groups excluding carboxylic acids is 1. The van der Waals surface area contributed by atoms with Crippen LogP contribution in [0.2, 0.25) is 5.02 Å². The van der Waals surface area contributed by atoms with Gasteiger partial charge in [-0.2, -0.15) is 9.78 Å². The van der Waals surface area contributed by atoms with Gasteiger partial charge in [0.2, 0.25) is 5.91 Å². The Bertz CT molecular complexity index is 1940. The Labute approximate surface area is 255 Å². The molecule has 1 N–H and O–H groups in total. The maximum Gasteiger partial charge on any atom is 0.258 e. The monoisotopic (exact) mass is 614 g/mol. The molecule has 5 aromatic rings. The van der Waals surface area contributed by atoms with Gasteiger partial charge in [0, 0.05) is 29.6 Å². The molecule has 6 heterocycles. The average molecular weight is 615 g/mol. The molecule has 2 atom stereocenters. The van der Waals surface area contributed by atoms with E-state index in [0.29, 0.717) is 88.7 Å². The summed E-state index contributed by atoms with van der Waals surface area (Å²) in [6, 6.07) is 8.02. The summed E-state index contributed by atoms with van der Waals surface area (Å²) in [5.41, 5.74) is 3.78. The molecule has 0 saturated heterocycles. The third-order valence-corrected chi connectivity index (χ3v) is 8.12. The lowest BCUT2D eigenvalue weighted by Gasteiger charge is -2.26. The van der Waals surface area contributed by atoms with Crippen molar-refractivity contribution in [3.05, 3.63) is 70.3 Å². The highest BCUT2D eigenvalue weighted by atomic mass is 35.5. The van der Waals surface area contributed by atoms with E-state index in [1.165, 1.54) is 23.4 Å². The second-order valence-corrected chi connectivity index (χ2v) is 11.2. The number of carbonyl (C=O) groups is 1. The molecule has 44 heavy (non-hydrogen) atoms. The van der Waals surface area contributed by atoms with Crippen LogP contribution >= 0.6 is 11.6 Å². The summed E-state index contributed by atoms with van der Waals surface area (Å²) in [4.78, 5) is 36.5. The topological polar surface area (TPSA) is 157 Å². The minimum absolute atomic E-state index is 0.111. The van der Waals surface area contributed by atoms with Crippen molar-refractivity contribution in [2.75, 3.05) is 18.5 Å². The highest BCUT2D eigenvalue weighted by Gasteiger charge is 2.30. The second-order valence-electron chi connectivity index (χ2n) is 10.7. The van der Waals surface area contributed by atoms with Gasteiger partial charge in [-0.25, -0.2) is 9.97 Å². The molecule has 0 spiro atoms. The van der Waals surface area contributed by atoms with Gasteiger partial charge in [-0.15, -0.1) is 5.10 Å². The van der Waals surface area contributed by atoms with Crippen LogP contribution in [0.1, 0.15) is 37.9 Å². The molecule has 14 nitrogen and oxygen atoms in total. The van der Waals surface area contributed by atoms with Gasteiger partial charge in [0.25, 0.3) is 11.4 Å². The number of halogens is 1. The van der Waals surface area contributed by atoms with Crippen molar-refractivity contribution < 1.29 is 14.3 Å². The van der Waals surface area contributed by atoms with Crippen LogP contribution in [0.5, 0.6) is 11.6 Å². The van der Waals surface area contributed by atoms with Gasteiger partial charge in [-0.3, -0.25) is 18.8 Å². The van der Waals surface area contributed by atoms with Crippen molar-refractivity contribution in [2.24, 2.45) is 13.0 Å². The number of fused-ring (bicyclic) bond motifs is 6. The molecule has 0 unspecified atom stereocenters. The molecule has 15 heteroatoms. The Morgan fingerprint density at radius 3 is 2.73 bits per heavy atom. The molecule has 4 aromatic heterocycles. The molecule has 2 bridgehead atoms. The van der Waals surface area contributed by atoms with E-state index in [-0.39, 0.29) is 17.4 Å². The average Bonchev–Trinajstić information content (AvgIpc) is 3.68. The molecule has 0 fully saturated rings. The quantitative estimate of drug-likeness (QED) is 0.319. The van der Waals surface area contributed by atoms with Crippen molar-refractivity contribution in [1.29, 1.82) is 0 Å². The minimum Gasteiger partial charge on any atom is -0.484 e. The van der Waals surface area contributed by atoms with Crippen molar-refractivity contribution >= 4 is 23.2 Å². The molecule has 0 radical (unpaired) electrons. The number of hydrogen-bond acceptors (Lipinski definition) is 10. The first-order chi connectivity index (χ1) is 21.4. The summed E-state index contributed by atoms with van der Waals surface area (Å²) in [5.74, 6) is 0.396. The summed E-state index contributed by atoms with van der Waals surface area (Å²) in [7, 11) is 1.79. The Kier molecular flexibility index (Phi) is 7.04. The highest BCUT2D eigenvalue weighted by Crippen LogP contribution is 2.44. The van der Waals surface area contributed by atoms with Gasteiger partial charge in [-0.05, 0) is 47.5 Å². The Hall–Kier alpha value is -5.11. The summed E-state index contributed by atoms with van der Waals surface area (Å²) in [6.45, 7) is 2.57. The lowest BCUT2D eigenvalue weighted by atomic mass is 9.96. The maximum absolute atomic E-state index is 13.9. The lowest BCUT2D eigenvalue weighted by molar-refractivity contribution is -0.119. The third-order valence-electron chi connectivity index (χ3n) is 7.89. The smallest absolute Gasteiger partial charge is 0.258 e. The fourth-order valence-electron chi connectivity index (χ4n) is 5.65. The number of anilines is 1. The summed E-state index contributed by atoms with van der Waals surface area (Å²) >= 11 is 6.33. The second kappa shape index (κ2) is 11.2. The fraction of sp³-hybridized carbons (Fsp3) is 0.310. The first-order valence-corrected chi connectivity index (χ1v) is 14.5. The zero-order chi connectivity index (χ0) is 30.4. The molecule has 0 aliphatic carbocycles. The number of aryl methyl sites for hydroxylation is 1. The van der Waals surface area contributed by atoms with Crippen LogP contribution in [0.25, 0.3) is 28.2 Å². The van der Waals surface area contributed by atoms with Crippen LogP contribution < -0.4 is 20.3 Å². The largest absolute Gasteiger partial charge is 0.484 e. The first kappa shape index (κ1) is 27.7. The van der Waals surface area contributed by atoms with E-state index in [0.717, 1.165) is 0 Å². The van der Waals surface area contributed by atoms with Crippen molar-refractivity contribution in [3.8, 4) is 39.8 Å². The van der Waals surface area contributed by atoms with Gasteiger partial charge in [-0.1, -0.05) is 24.9 Å². The summed E-state index contributed by atoms with van der Waals surface area (Å²) < 4.78 is 16.7. The predicted molar refractivity (Wildman–Crippen MR) is 159 cm³/mol. The third kappa shape index (κ3) is 4.96. The minimum atomic E-state index is -0.511. The van der Waals surface area contributed by atoms with E-state index in [1.54, 1.807) is 40.7 Å². The number of amides is 1. The van der Waals surface area contributed by atoms with Gasteiger partial charge in [0.15, 0.2) is 5.75 Å². The molecular formula is C29H27ClN10O4. The zero-order valence-corrected chi connectivity index (χ0v) is 24.6. The number of hydrogen-bond donors (Lipinski definition) is 1. The van der Waals surface area contributed by atoms with Crippen LogP contribution in [-0.2, 0) is 11.8 Å². The van der Waals surface area contributed by atoms with Crippen LogP contribution in [0.3, 0.4) is 0 Å². The lowest BCUT2D eigenvalue weighted by Crippen LogP contribution is -2.28.